The van der Waals surface area contributed by atoms with Crippen LogP contribution in [0.4, 0.5) is 5.69 Å². The molecule has 2 heterocycles. The van der Waals surface area contributed by atoms with E-state index in [1.165, 1.54) is 4.68 Å². The molecule has 0 bridgehead atoms. The third-order valence-electron chi connectivity index (χ3n) is 3.39. The predicted molar refractivity (Wildman–Crippen MR) is 68.6 cm³/mol. The van der Waals surface area contributed by atoms with Gasteiger partial charge in [-0.1, -0.05) is 0 Å². The first kappa shape index (κ1) is 12.6. The quantitative estimate of drug-likeness (QED) is 0.753. The third kappa shape index (κ3) is 2.37. The number of anilines is 1. The number of nitrogens with zero attached hydrogens (tertiary/aromatic N) is 4. The van der Waals surface area contributed by atoms with Crippen LogP contribution in [0.1, 0.15) is 12.8 Å². The Labute approximate surface area is 106 Å². The summed E-state index contributed by atoms with van der Waals surface area (Å²) in [5, 5.41) is 4.15. The Morgan fingerprint density at radius 3 is 2.67 bits per heavy atom. The lowest BCUT2D eigenvalue weighted by atomic mass is 10.2. The summed E-state index contributed by atoms with van der Waals surface area (Å²) >= 11 is 0. The first-order valence-electron chi connectivity index (χ1n) is 5.99. The smallest absolute Gasteiger partial charge is 0.268 e. The van der Waals surface area contributed by atoms with Gasteiger partial charge in [0, 0.05) is 33.6 Å². The Bertz CT molecular complexity index is 509. The molecule has 2 rings (SSSR count). The summed E-state index contributed by atoms with van der Waals surface area (Å²) in [7, 11) is 5.51. The zero-order valence-corrected chi connectivity index (χ0v) is 11.0. The van der Waals surface area contributed by atoms with Gasteiger partial charge in [-0.15, -0.1) is 0 Å². The normalized spacial score (nSPS) is 19.4. The molecule has 18 heavy (non-hydrogen) atoms. The summed E-state index contributed by atoms with van der Waals surface area (Å²) in [5.41, 5.74) is 0.654. The number of hydrogen-bond donors (Lipinski definition) is 0. The molecule has 1 saturated heterocycles. The first-order valence-corrected chi connectivity index (χ1v) is 5.99. The van der Waals surface area contributed by atoms with E-state index in [1.54, 1.807) is 24.2 Å². The van der Waals surface area contributed by atoms with Gasteiger partial charge in [0.25, 0.3) is 5.56 Å². The fourth-order valence-corrected chi connectivity index (χ4v) is 2.08. The Morgan fingerprint density at radius 2 is 2.17 bits per heavy atom. The molecule has 98 valence electrons. The van der Waals surface area contributed by atoms with Gasteiger partial charge in [-0.05, 0) is 6.42 Å². The molecule has 0 aromatic carbocycles. The largest absolute Gasteiger partial charge is 0.376 e. The molecule has 1 aromatic rings. The Balaban J connectivity index is 2.15. The van der Waals surface area contributed by atoms with Crippen LogP contribution >= 0.6 is 0 Å². The number of rotatable bonds is 3. The highest BCUT2D eigenvalue weighted by Crippen LogP contribution is 2.17. The fraction of sp³-hybridized carbons (Fsp3) is 0.583. The van der Waals surface area contributed by atoms with Crippen LogP contribution in [0, 0.1) is 0 Å². The molecule has 6 nitrogen and oxygen atoms in total. The molecule has 1 aromatic heterocycles. The molecule has 0 aliphatic carbocycles. The molecule has 1 amide bonds. The molecule has 0 N–H and O–H groups in total. The number of amides is 1. The van der Waals surface area contributed by atoms with Crippen LogP contribution in [0.15, 0.2) is 17.1 Å². The molecule has 1 aliphatic rings. The van der Waals surface area contributed by atoms with Gasteiger partial charge in [0.05, 0.1) is 24.5 Å². The highest BCUT2D eigenvalue weighted by atomic mass is 16.2. The maximum absolute atomic E-state index is 11.9. The van der Waals surface area contributed by atoms with Crippen molar-refractivity contribution in [2.24, 2.45) is 0 Å². The second-order valence-corrected chi connectivity index (χ2v) is 4.83. The molecule has 6 heteroatoms. The maximum atomic E-state index is 11.9. The number of carbonyl (C=O) groups excluding carboxylic acids is 1. The molecule has 1 unspecified atom stereocenters. The van der Waals surface area contributed by atoms with Gasteiger partial charge >= 0.3 is 0 Å². The van der Waals surface area contributed by atoms with E-state index < -0.39 is 0 Å². The minimum Gasteiger partial charge on any atom is -0.376 e. The van der Waals surface area contributed by atoms with E-state index in [0.717, 1.165) is 12.1 Å². The van der Waals surface area contributed by atoms with Crippen molar-refractivity contribution in [1.82, 2.24) is 14.7 Å². The zero-order valence-electron chi connectivity index (χ0n) is 11.0. The van der Waals surface area contributed by atoms with E-state index >= 15 is 0 Å². The minimum atomic E-state index is -0.131. The zero-order chi connectivity index (χ0) is 13.3. The molecule has 0 spiro atoms. The maximum Gasteiger partial charge on any atom is 0.268 e. The number of aromatic nitrogens is 2. The summed E-state index contributed by atoms with van der Waals surface area (Å²) in [6.45, 7) is 0.467. The van der Waals surface area contributed by atoms with Gasteiger partial charge < -0.3 is 9.80 Å². The lowest BCUT2D eigenvalue weighted by Gasteiger charge is -2.20. The molecular formula is C12H18N4O2. The van der Waals surface area contributed by atoms with Gasteiger partial charge in [0.2, 0.25) is 5.91 Å². The second kappa shape index (κ2) is 4.80. The molecule has 1 atom stereocenters. The summed E-state index contributed by atoms with van der Waals surface area (Å²) < 4.78 is 1.42. The van der Waals surface area contributed by atoms with Crippen LogP contribution in [0.3, 0.4) is 0 Å². The lowest BCUT2D eigenvalue weighted by molar-refractivity contribution is -0.127. The van der Waals surface area contributed by atoms with Gasteiger partial charge in [-0.25, -0.2) is 4.68 Å². The molecule has 1 fully saturated rings. The van der Waals surface area contributed by atoms with Crippen molar-refractivity contribution in [2.75, 3.05) is 26.0 Å². The standard InChI is InChI=1S/C12H18N4O2/c1-14(2)10-6-12(18)16(13-7-10)8-9-4-5-11(17)15(9)3/h6-7,9H,4-5,8H2,1-3H3. The van der Waals surface area contributed by atoms with Crippen molar-refractivity contribution in [3.8, 4) is 0 Å². The third-order valence-corrected chi connectivity index (χ3v) is 3.39. The topological polar surface area (TPSA) is 58.4 Å². The van der Waals surface area contributed by atoms with Crippen LogP contribution in [0.5, 0.6) is 0 Å². The van der Waals surface area contributed by atoms with E-state index in [1.807, 2.05) is 19.0 Å². The number of hydrogen-bond acceptors (Lipinski definition) is 4. The summed E-state index contributed by atoms with van der Waals surface area (Å²) in [4.78, 5) is 26.8. The Morgan fingerprint density at radius 1 is 1.44 bits per heavy atom. The van der Waals surface area contributed by atoms with Crippen molar-refractivity contribution in [2.45, 2.75) is 25.4 Å². The summed E-state index contributed by atoms with van der Waals surface area (Å²) in [6, 6.07) is 1.64. The average molecular weight is 250 g/mol. The van der Waals surface area contributed by atoms with Crippen LogP contribution in [-0.2, 0) is 11.3 Å². The molecule has 0 saturated carbocycles. The van der Waals surface area contributed by atoms with E-state index in [0.29, 0.717) is 13.0 Å². The van der Waals surface area contributed by atoms with Crippen LogP contribution in [0.2, 0.25) is 0 Å². The van der Waals surface area contributed by atoms with E-state index in [-0.39, 0.29) is 17.5 Å². The highest BCUT2D eigenvalue weighted by Gasteiger charge is 2.28. The summed E-state index contributed by atoms with van der Waals surface area (Å²) in [5.74, 6) is 0.137. The van der Waals surface area contributed by atoms with E-state index in [9.17, 15) is 9.59 Å². The van der Waals surface area contributed by atoms with Gasteiger partial charge in [0.15, 0.2) is 0 Å². The summed E-state index contributed by atoms with van der Waals surface area (Å²) in [6.07, 6.45) is 3.02. The van der Waals surface area contributed by atoms with Crippen LogP contribution < -0.4 is 10.5 Å². The Kier molecular flexibility index (Phi) is 3.36. The SMILES string of the molecule is CN(C)c1cnn(CC2CCC(=O)N2C)c(=O)c1. The number of likely N-dealkylation sites (tertiary alicyclic amines) is 1. The predicted octanol–water partition coefficient (Wildman–Crippen LogP) is -0.0699. The van der Waals surface area contributed by atoms with Gasteiger partial charge in [-0.2, -0.15) is 5.10 Å². The highest BCUT2D eigenvalue weighted by molar-refractivity contribution is 5.78. The van der Waals surface area contributed by atoms with Crippen molar-refractivity contribution in [3.05, 3.63) is 22.6 Å². The van der Waals surface area contributed by atoms with Crippen molar-refractivity contribution < 1.29 is 4.79 Å². The second-order valence-electron chi connectivity index (χ2n) is 4.83. The lowest BCUT2D eigenvalue weighted by Crippen LogP contribution is -2.36. The van der Waals surface area contributed by atoms with Crippen molar-refractivity contribution in [1.29, 1.82) is 0 Å². The first-order chi connectivity index (χ1) is 8.49. The van der Waals surface area contributed by atoms with Crippen molar-refractivity contribution in [3.63, 3.8) is 0 Å². The average Bonchev–Trinajstić information content (AvgIpc) is 2.63. The monoisotopic (exact) mass is 250 g/mol. The number of likely N-dealkylation sites (N-methyl/N-ethyl adjacent to an activating group) is 1. The van der Waals surface area contributed by atoms with Crippen LogP contribution in [0.25, 0.3) is 0 Å². The fourth-order valence-electron chi connectivity index (χ4n) is 2.08. The Hall–Kier alpha value is -1.85. The van der Waals surface area contributed by atoms with Gasteiger partial charge in [0.1, 0.15) is 0 Å². The van der Waals surface area contributed by atoms with Gasteiger partial charge in [-0.3, -0.25) is 9.59 Å². The molecule has 0 radical (unpaired) electrons. The minimum absolute atomic E-state index is 0.0768. The molecular weight excluding hydrogens is 232 g/mol. The van der Waals surface area contributed by atoms with Crippen LogP contribution in [-0.4, -0.2) is 47.8 Å². The van der Waals surface area contributed by atoms with Crippen molar-refractivity contribution >= 4 is 11.6 Å². The van der Waals surface area contributed by atoms with E-state index in [4.69, 9.17) is 0 Å². The van der Waals surface area contributed by atoms with E-state index in [2.05, 4.69) is 5.10 Å². The molecule has 1 aliphatic heterocycles. The number of carbonyl (C=O) groups is 1.